The standard InChI is InChI=1S/C13H18N4O2S/c1-10-5-7-11(8-6-10)20(18,19)9-17-12(13(2,3)4)14-15-16-17/h5-8H,9H2,1-4H3. The summed E-state index contributed by atoms with van der Waals surface area (Å²) in [7, 11) is -3.46. The van der Waals surface area contributed by atoms with Gasteiger partial charge in [-0.2, -0.15) is 0 Å². The van der Waals surface area contributed by atoms with E-state index in [4.69, 9.17) is 0 Å². The molecular weight excluding hydrogens is 276 g/mol. The summed E-state index contributed by atoms with van der Waals surface area (Å²) in [4.78, 5) is 0.276. The lowest BCUT2D eigenvalue weighted by atomic mass is 9.96. The molecule has 0 fully saturated rings. The molecule has 0 aliphatic carbocycles. The van der Waals surface area contributed by atoms with Gasteiger partial charge >= 0.3 is 0 Å². The summed E-state index contributed by atoms with van der Waals surface area (Å²) in [6.07, 6.45) is 0. The first-order chi connectivity index (χ1) is 9.20. The van der Waals surface area contributed by atoms with Gasteiger partial charge in [0.2, 0.25) is 0 Å². The van der Waals surface area contributed by atoms with Gasteiger partial charge in [0.05, 0.1) is 4.90 Å². The molecule has 0 saturated heterocycles. The number of hydrogen-bond acceptors (Lipinski definition) is 5. The van der Waals surface area contributed by atoms with E-state index in [1.54, 1.807) is 24.3 Å². The first-order valence-electron chi connectivity index (χ1n) is 6.26. The van der Waals surface area contributed by atoms with Gasteiger partial charge in [0.25, 0.3) is 0 Å². The molecule has 1 heterocycles. The Morgan fingerprint density at radius 3 is 2.30 bits per heavy atom. The van der Waals surface area contributed by atoms with Crippen LogP contribution in [-0.2, 0) is 21.1 Å². The largest absolute Gasteiger partial charge is 0.222 e. The number of tetrazole rings is 1. The summed E-state index contributed by atoms with van der Waals surface area (Å²) in [5, 5.41) is 11.3. The third-order valence-electron chi connectivity index (χ3n) is 2.88. The molecule has 7 heteroatoms. The summed E-state index contributed by atoms with van der Waals surface area (Å²) in [5.41, 5.74) is 0.702. The zero-order valence-electron chi connectivity index (χ0n) is 12.0. The quantitative estimate of drug-likeness (QED) is 0.861. The highest BCUT2D eigenvalue weighted by molar-refractivity contribution is 7.90. The number of aromatic nitrogens is 4. The van der Waals surface area contributed by atoms with Crippen LogP contribution < -0.4 is 0 Å². The smallest absolute Gasteiger partial charge is 0.198 e. The second-order valence-electron chi connectivity index (χ2n) is 5.81. The average Bonchev–Trinajstić information content (AvgIpc) is 2.76. The number of rotatable bonds is 3. The van der Waals surface area contributed by atoms with Crippen LogP contribution in [0.25, 0.3) is 0 Å². The number of benzene rings is 1. The molecule has 0 saturated carbocycles. The number of nitrogens with zero attached hydrogens (tertiary/aromatic N) is 4. The van der Waals surface area contributed by atoms with Gasteiger partial charge in [0, 0.05) is 5.41 Å². The van der Waals surface area contributed by atoms with Crippen LogP contribution >= 0.6 is 0 Å². The van der Waals surface area contributed by atoms with Crippen molar-refractivity contribution in [1.82, 2.24) is 20.2 Å². The summed E-state index contributed by atoms with van der Waals surface area (Å²) >= 11 is 0. The van der Waals surface area contributed by atoms with Crippen LogP contribution in [0.4, 0.5) is 0 Å². The van der Waals surface area contributed by atoms with E-state index >= 15 is 0 Å². The topological polar surface area (TPSA) is 77.7 Å². The maximum Gasteiger partial charge on any atom is 0.198 e. The Balaban J connectivity index is 2.34. The molecule has 0 radical (unpaired) electrons. The van der Waals surface area contributed by atoms with Crippen molar-refractivity contribution in [2.24, 2.45) is 0 Å². The van der Waals surface area contributed by atoms with E-state index in [9.17, 15) is 8.42 Å². The molecule has 2 aromatic rings. The minimum Gasteiger partial charge on any atom is -0.222 e. The summed E-state index contributed by atoms with van der Waals surface area (Å²) < 4.78 is 26.1. The number of hydrogen-bond donors (Lipinski definition) is 0. The van der Waals surface area contributed by atoms with Crippen molar-refractivity contribution in [3.8, 4) is 0 Å². The Labute approximate surface area is 118 Å². The van der Waals surface area contributed by atoms with E-state index in [-0.39, 0.29) is 16.2 Å². The Bertz CT molecular complexity index is 697. The second-order valence-corrected chi connectivity index (χ2v) is 7.77. The molecule has 0 N–H and O–H groups in total. The normalized spacial score (nSPS) is 12.6. The van der Waals surface area contributed by atoms with E-state index in [2.05, 4.69) is 15.5 Å². The molecule has 108 valence electrons. The fourth-order valence-electron chi connectivity index (χ4n) is 1.81. The lowest BCUT2D eigenvalue weighted by Crippen LogP contribution is -2.23. The van der Waals surface area contributed by atoms with Gasteiger partial charge in [-0.15, -0.1) is 5.10 Å². The Kier molecular flexibility index (Phi) is 3.64. The molecule has 0 bridgehead atoms. The highest BCUT2D eigenvalue weighted by Gasteiger charge is 2.25. The highest BCUT2D eigenvalue weighted by Crippen LogP contribution is 2.20. The Morgan fingerprint density at radius 2 is 1.75 bits per heavy atom. The van der Waals surface area contributed by atoms with E-state index < -0.39 is 9.84 Å². The maximum atomic E-state index is 12.4. The molecule has 0 unspecified atom stereocenters. The van der Waals surface area contributed by atoms with Gasteiger partial charge < -0.3 is 0 Å². The van der Waals surface area contributed by atoms with Crippen molar-refractivity contribution in [2.45, 2.75) is 43.9 Å². The molecule has 1 aromatic carbocycles. The van der Waals surface area contributed by atoms with Crippen LogP contribution in [0.15, 0.2) is 29.2 Å². The minimum absolute atomic E-state index is 0.254. The highest BCUT2D eigenvalue weighted by atomic mass is 32.2. The SMILES string of the molecule is Cc1ccc(S(=O)(=O)Cn2nnnc2C(C)(C)C)cc1. The van der Waals surface area contributed by atoms with Crippen LogP contribution in [0.2, 0.25) is 0 Å². The van der Waals surface area contributed by atoms with Gasteiger partial charge in [-0.3, -0.25) is 0 Å². The van der Waals surface area contributed by atoms with Gasteiger partial charge in [-0.1, -0.05) is 38.5 Å². The molecule has 6 nitrogen and oxygen atoms in total. The van der Waals surface area contributed by atoms with Crippen LogP contribution in [0.3, 0.4) is 0 Å². The maximum absolute atomic E-state index is 12.4. The number of aryl methyl sites for hydroxylation is 1. The predicted molar refractivity (Wildman–Crippen MR) is 74.9 cm³/mol. The zero-order chi connectivity index (χ0) is 15.0. The van der Waals surface area contributed by atoms with Crippen molar-refractivity contribution < 1.29 is 8.42 Å². The molecule has 1 aromatic heterocycles. The lowest BCUT2D eigenvalue weighted by Gasteiger charge is -2.17. The van der Waals surface area contributed by atoms with E-state index in [0.717, 1.165) is 5.56 Å². The number of sulfone groups is 1. The summed E-state index contributed by atoms with van der Waals surface area (Å²) in [6, 6.07) is 6.76. The Morgan fingerprint density at radius 1 is 1.15 bits per heavy atom. The van der Waals surface area contributed by atoms with Crippen molar-refractivity contribution in [2.75, 3.05) is 0 Å². The van der Waals surface area contributed by atoms with Crippen molar-refractivity contribution in [3.05, 3.63) is 35.7 Å². The lowest BCUT2D eigenvalue weighted by molar-refractivity contribution is 0.493. The van der Waals surface area contributed by atoms with Gasteiger partial charge in [-0.25, -0.2) is 13.1 Å². The summed E-state index contributed by atoms with van der Waals surface area (Å²) in [6.45, 7) is 7.73. The van der Waals surface area contributed by atoms with Crippen molar-refractivity contribution in [3.63, 3.8) is 0 Å². The summed E-state index contributed by atoms with van der Waals surface area (Å²) in [5.74, 6) is 0.295. The van der Waals surface area contributed by atoms with E-state index in [1.165, 1.54) is 4.68 Å². The van der Waals surface area contributed by atoms with E-state index in [1.807, 2.05) is 27.7 Å². The molecule has 0 atom stereocenters. The first-order valence-corrected chi connectivity index (χ1v) is 7.91. The molecule has 0 aliphatic heterocycles. The zero-order valence-corrected chi connectivity index (χ0v) is 12.8. The fraction of sp³-hybridized carbons (Fsp3) is 0.462. The van der Waals surface area contributed by atoms with Crippen LogP contribution in [-0.4, -0.2) is 28.6 Å². The van der Waals surface area contributed by atoms with Gasteiger partial charge in [0.15, 0.2) is 21.5 Å². The molecule has 0 spiro atoms. The average molecular weight is 294 g/mol. The van der Waals surface area contributed by atoms with Crippen molar-refractivity contribution >= 4 is 9.84 Å². The Hall–Kier alpha value is -1.76. The van der Waals surface area contributed by atoms with Crippen LogP contribution in [0.5, 0.6) is 0 Å². The predicted octanol–water partition coefficient (Wildman–Crippen LogP) is 1.71. The third kappa shape index (κ3) is 3.04. The molecular formula is C13H18N4O2S. The van der Waals surface area contributed by atoms with Crippen LogP contribution in [0, 0.1) is 6.92 Å². The van der Waals surface area contributed by atoms with Gasteiger partial charge in [-0.05, 0) is 29.5 Å². The second kappa shape index (κ2) is 4.97. The molecule has 0 amide bonds. The monoisotopic (exact) mass is 294 g/mol. The molecule has 20 heavy (non-hydrogen) atoms. The molecule has 2 rings (SSSR count). The third-order valence-corrected chi connectivity index (χ3v) is 4.45. The minimum atomic E-state index is -3.46. The molecule has 0 aliphatic rings. The first kappa shape index (κ1) is 14.6. The van der Waals surface area contributed by atoms with Crippen LogP contribution in [0.1, 0.15) is 32.2 Å². The fourth-order valence-corrected chi connectivity index (χ4v) is 3.01. The van der Waals surface area contributed by atoms with E-state index in [0.29, 0.717) is 5.82 Å². The van der Waals surface area contributed by atoms with Gasteiger partial charge in [0.1, 0.15) is 0 Å². The van der Waals surface area contributed by atoms with Crippen molar-refractivity contribution in [1.29, 1.82) is 0 Å².